The summed E-state index contributed by atoms with van der Waals surface area (Å²) in [4.78, 5) is 12.7. The molecule has 2 rings (SSSR count). The first-order valence-corrected chi connectivity index (χ1v) is 10.3. The summed E-state index contributed by atoms with van der Waals surface area (Å²) in [6.45, 7) is 5.05. The van der Waals surface area contributed by atoms with E-state index in [-0.39, 0.29) is 10.8 Å². The largest absolute Gasteiger partial charge is 0.355 e. The maximum absolute atomic E-state index is 12.9. The van der Waals surface area contributed by atoms with Crippen molar-refractivity contribution in [1.29, 1.82) is 0 Å². The van der Waals surface area contributed by atoms with E-state index in [1.54, 1.807) is 24.3 Å². The number of benzene rings is 1. The molecule has 1 aliphatic rings. The molecule has 6 heteroatoms. The highest BCUT2D eigenvalue weighted by atomic mass is 32.2. The van der Waals surface area contributed by atoms with Crippen molar-refractivity contribution in [3.05, 3.63) is 29.8 Å². The van der Waals surface area contributed by atoms with Crippen LogP contribution in [0.5, 0.6) is 0 Å². The van der Waals surface area contributed by atoms with E-state index in [4.69, 9.17) is 0 Å². The Morgan fingerprint density at radius 2 is 1.92 bits per heavy atom. The molecule has 0 saturated carbocycles. The van der Waals surface area contributed by atoms with Gasteiger partial charge in [-0.25, -0.2) is 8.42 Å². The summed E-state index contributed by atoms with van der Waals surface area (Å²) in [6.07, 6.45) is 5.35. The minimum Gasteiger partial charge on any atom is -0.355 e. The minimum atomic E-state index is -3.64. The Hall–Kier alpha value is -1.40. The molecule has 1 aromatic carbocycles. The van der Waals surface area contributed by atoms with Gasteiger partial charge in [-0.15, -0.1) is 0 Å². The van der Waals surface area contributed by atoms with Gasteiger partial charge >= 0.3 is 0 Å². The third-order valence-corrected chi connectivity index (χ3v) is 6.39. The van der Waals surface area contributed by atoms with E-state index in [1.807, 2.05) is 6.92 Å². The van der Waals surface area contributed by atoms with Gasteiger partial charge in [0.25, 0.3) is 0 Å². The van der Waals surface area contributed by atoms with Gasteiger partial charge in [0.2, 0.25) is 15.9 Å². The third-order valence-electron chi connectivity index (χ3n) is 4.46. The molecule has 134 valence electrons. The molecule has 1 unspecified atom stereocenters. The van der Waals surface area contributed by atoms with E-state index in [0.717, 1.165) is 37.7 Å². The lowest BCUT2D eigenvalue weighted by atomic mass is 10.0. The Morgan fingerprint density at radius 1 is 1.21 bits per heavy atom. The second-order valence-corrected chi connectivity index (χ2v) is 8.33. The van der Waals surface area contributed by atoms with E-state index in [1.165, 1.54) is 4.31 Å². The lowest BCUT2D eigenvalue weighted by Crippen LogP contribution is -2.51. The van der Waals surface area contributed by atoms with Crippen molar-refractivity contribution in [1.82, 2.24) is 9.62 Å². The average molecular weight is 353 g/mol. The number of sulfonamides is 1. The highest BCUT2D eigenvalue weighted by Gasteiger charge is 2.37. The van der Waals surface area contributed by atoms with E-state index < -0.39 is 16.1 Å². The van der Waals surface area contributed by atoms with E-state index >= 15 is 0 Å². The predicted octanol–water partition coefficient (Wildman–Crippen LogP) is 2.84. The van der Waals surface area contributed by atoms with Gasteiger partial charge in [0.1, 0.15) is 6.04 Å². The first-order valence-electron chi connectivity index (χ1n) is 8.83. The highest BCUT2D eigenvalue weighted by molar-refractivity contribution is 7.89. The van der Waals surface area contributed by atoms with Crippen molar-refractivity contribution in [3.63, 3.8) is 0 Å². The van der Waals surface area contributed by atoms with Crippen molar-refractivity contribution in [2.75, 3.05) is 13.1 Å². The lowest BCUT2D eigenvalue weighted by molar-refractivity contribution is -0.125. The van der Waals surface area contributed by atoms with Gasteiger partial charge in [0.15, 0.2) is 0 Å². The summed E-state index contributed by atoms with van der Waals surface area (Å²) in [5, 5.41) is 2.90. The number of piperidine rings is 1. The summed E-state index contributed by atoms with van der Waals surface area (Å²) in [6, 6.07) is 6.23. The van der Waals surface area contributed by atoms with Crippen molar-refractivity contribution < 1.29 is 13.2 Å². The lowest BCUT2D eigenvalue weighted by Gasteiger charge is -2.33. The van der Waals surface area contributed by atoms with E-state index in [9.17, 15) is 13.2 Å². The van der Waals surface area contributed by atoms with Crippen LogP contribution in [0.15, 0.2) is 29.2 Å². The first kappa shape index (κ1) is 18.9. The van der Waals surface area contributed by atoms with Crippen LogP contribution in [0.4, 0.5) is 0 Å². The number of hydrogen-bond donors (Lipinski definition) is 1. The van der Waals surface area contributed by atoms with Gasteiger partial charge in [0, 0.05) is 13.1 Å². The molecule has 0 radical (unpaired) electrons. The Kier molecular flexibility index (Phi) is 6.80. The van der Waals surface area contributed by atoms with Gasteiger partial charge in [-0.05, 0) is 38.3 Å². The van der Waals surface area contributed by atoms with Crippen LogP contribution in [0.2, 0.25) is 0 Å². The molecule has 1 aromatic rings. The molecule has 24 heavy (non-hydrogen) atoms. The summed E-state index contributed by atoms with van der Waals surface area (Å²) in [5.41, 5.74) is 1.01. The standard InChI is InChI=1S/C18H28N2O3S/c1-3-4-6-13-19-18(21)17-8-5-7-14-20(17)24(22,23)16-11-9-15(2)10-12-16/h9-12,17H,3-8,13-14H2,1-2H3,(H,19,21). The summed E-state index contributed by atoms with van der Waals surface area (Å²) < 4.78 is 27.3. The summed E-state index contributed by atoms with van der Waals surface area (Å²) in [7, 11) is -3.64. The number of amides is 1. The molecule has 1 atom stereocenters. The monoisotopic (exact) mass is 352 g/mol. The van der Waals surface area contributed by atoms with Gasteiger partial charge in [-0.3, -0.25) is 4.79 Å². The molecule has 1 saturated heterocycles. The van der Waals surface area contributed by atoms with Crippen LogP contribution in [0.3, 0.4) is 0 Å². The fourth-order valence-corrected chi connectivity index (χ4v) is 4.66. The van der Waals surface area contributed by atoms with Gasteiger partial charge < -0.3 is 5.32 Å². The number of carbonyl (C=O) groups excluding carboxylic acids is 1. The Morgan fingerprint density at radius 3 is 2.58 bits per heavy atom. The quantitative estimate of drug-likeness (QED) is 0.767. The smallest absolute Gasteiger partial charge is 0.243 e. The fraction of sp³-hybridized carbons (Fsp3) is 0.611. The zero-order chi connectivity index (χ0) is 17.6. The molecular formula is C18H28N2O3S. The molecule has 0 bridgehead atoms. The third kappa shape index (κ3) is 4.57. The number of rotatable bonds is 7. The van der Waals surface area contributed by atoms with Crippen LogP contribution in [-0.2, 0) is 14.8 Å². The van der Waals surface area contributed by atoms with Gasteiger partial charge in [-0.1, -0.05) is 43.9 Å². The maximum atomic E-state index is 12.9. The summed E-state index contributed by atoms with van der Waals surface area (Å²) in [5.74, 6) is -0.165. The SMILES string of the molecule is CCCCCNC(=O)C1CCCCN1S(=O)(=O)c1ccc(C)cc1. The minimum absolute atomic E-state index is 0.165. The first-order chi connectivity index (χ1) is 11.5. The highest BCUT2D eigenvalue weighted by Crippen LogP contribution is 2.25. The van der Waals surface area contributed by atoms with Crippen molar-refractivity contribution in [2.24, 2.45) is 0 Å². The van der Waals surface area contributed by atoms with Crippen LogP contribution >= 0.6 is 0 Å². The van der Waals surface area contributed by atoms with Crippen molar-refractivity contribution in [3.8, 4) is 0 Å². The van der Waals surface area contributed by atoms with Gasteiger partial charge in [0.05, 0.1) is 4.90 Å². The second-order valence-electron chi connectivity index (χ2n) is 6.44. The molecule has 1 N–H and O–H groups in total. The number of unbranched alkanes of at least 4 members (excludes halogenated alkanes) is 2. The molecular weight excluding hydrogens is 324 g/mol. The molecule has 0 aromatic heterocycles. The number of hydrogen-bond acceptors (Lipinski definition) is 3. The Labute approximate surface area is 145 Å². The second kappa shape index (κ2) is 8.62. The van der Waals surface area contributed by atoms with Crippen LogP contribution in [0.1, 0.15) is 51.0 Å². The van der Waals surface area contributed by atoms with Crippen molar-refractivity contribution in [2.45, 2.75) is 63.3 Å². The number of aryl methyl sites for hydroxylation is 1. The van der Waals surface area contributed by atoms with E-state index in [0.29, 0.717) is 19.5 Å². The van der Waals surface area contributed by atoms with E-state index in [2.05, 4.69) is 12.2 Å². The van der Waals surface area contributed by atoms with Crippen LogP contribution in [0, 0.1) is 6.92 Å². The van der Waals surface area contributed by atoms with Crippen molar-refractivity contribution >= 4 is 15.9 Å². The maximum Gasteiger partial charge on any atom is 0.243 e. The van der Waals surface area contributed by atoms with Crippen LogP contribution in [-0.4, -0.2) is 37.8 Å². The zero-order valence-corrected chi connectivity index (χ0v) is 15.4. The fourth-order valence-electron chi connectivity index (χ4n) is 3.00. The molecule has 1 amide bonds. The molecule has 0 spiro atoms. The number of nitrogens with zero attached hydrogens (tertiary/aromatic N) is 1. The number of nitrogens with one attached hydrogen (secondary N) is 1. The molecule has 5 nitrogen and oxygen atoms in total. The topological polar surface area (TPSA) is 66.5 Å². The molecule has 1 aliphatic heterocycles. The van der Waals surface area contributed by atoms with Crippen LogP contribution in [0.25, 0.3) is 0 Å². The zero-order valence-electron chi connectivity index (χ0n) is 14.6. The molecule has 1 heterocycles. The normalized spacial score (nSPS) is 19.2. The number of carbonyl (C=O) groups is 1. The molecule has 1 fully saturated rings. The Balaban J connectivity index is 2.13. The van der Waals surface area contributed by atoms with Crippen LogP contribution < -0.4 is 5.32 Å². The van der Waals surface area contributed by atoms with Gasteiger partial charge in [-0.2, -0.15) is 4.31 Å². The average Bonchev–Trinajstić information content (AvgIpc) is 2.59. The predicted molar refractivity (Wildman–Crippen MR) is 95.2 cm³/mol. The Bertz CT molecular complexity index is 641. The summed E-state index contributed by atoms with van der Waals surface area (Å²) >= 11 is 0. The molecule has 0 aliphatic carbocycles.